The van der Waals surface area contributed by atoms with Crippen LogP contribution in [0.3, 0.4) is 0 Å². The molecule has 1 aliphatic carbocycles. The van der Waals surface area contributed by atoms with Crippen LogP contribution in [0, 0.1) is 6.92 Å². The number of carbonyl (C=O) groups is 1. The van der Waals surface area contributed by atoms with Crippen LogP contribution in [0.2, 0.25) is 10.0 Å². The second-order valence-corrected chi connectivity index (χ2v) is 8.28. The van der Waals surface area contributed by atoms with Gasteiger partial charge in [0.15, 0.2) is 5.13 Å². The minimum atomic E-state index is -0.297. The van der Waals surface area contributed by atoms with Gasteiger partial charge in [0.25, 0.3) is 5.91 Å². The van der Waals surface area contributed by atoms with Gasteiger partial charge in [-0.15, -0.1) is 11.3 Å². The van der Waals surface area contributed by atoms with E-state index in [1.165, 1.54) is 21.8 Å². The number of benzene rings is 2. The largest absolute Gasteiger partial charge is 0.496 e. The number of carbonyl (C=O) groups excluding carboxylic acids is 1. The minimum Gasteiger partial charge on any atom is -0.496 e. The minimum absolute atomic E-state index is 0.297. The maximum Gasteiger partial charge on any atom is 0.258 e. The average Bonchev–Trinajstić information content (AvgIpc) is 3.04. The van der Waals surface area contributed by atoms with Crippen LogP contribution in [-0.2, 0) is 12.8 Å². The fourth-order valence-corrected chi connectivity index (χ4v) is 4.71. The van der Waals surface area contributed by atoms with Gasteiger partial charge in [0, 0.05) is 15.5 Å². The van der Waals surface area contributed by atoms with E-state index in [1.54, 1.807) is 25.3 Å². The number of methoxy groups -OCH3 is 1. The van der Waals surface area contributed by atoms with Gasteiger partial charge in [-0.05, 0) is 61.2 Å². The van der Waals surface area contributed by atoms with Gasteiger partial charge in [-0.25, -0.2) is 4.98 Å². The SMILES string of the molecule is COc1cc2c(cc1C)-c1nc(NC(=O)c3ccc(Cl)cc3Cl)sc1CC2. The lowest BCUT2D eigenvalue weighted by molar-refractivity contribution is 0.102. The predicted octanol–water partition coefficient (Wildman–Crippen LogP) is 5.78. The summed E-state index contributed by atoms with van der Waals surface area (Å²) in [4.78, 5) is 18.4. The maximum atomic E-state index is 12.6. The third kappa shape index (κ3) is 3.43. The Balaban J connectivity index is 1.65. The molecule has 0 bridgehead atoms. The van der Waals surface area contributed by atoms with Crippen LogP contribution in [0.4, 0.5) is 5.13 Å². The fraction of sp³-hybridized carbons (Fsp3) is 0.200. The quantitative estimate of drug-likeness (QED) is 0.585. The molecule has 0 atom stereocenters. The van der Waals surface area contributed by atoms with Crippen LogP contribution in [0.1, 0.15) is 26.4 Å². The molecule has 1 amide bonds. The summed E-state index contributed by atoms with van der Waals surface area (Å²) >= 11 is 13.5. The van der Waals surface area contributed by atoms with E-state index in [2.05, 4.69) is 22.4 Å². The van der Waals surface area contributed by atoms with E-state index in [0.29, 0.717) is 20.7 Å². The Kier molecular flexibility index (Phi) is 4.84. The van der Waals surface area contributed by atoms with E-state index in [4.69, 9.17) is 27.9 Å². The van der Waals surface area contributed by atoms with Gasteiger partial charge in [-0.3, -0.25) is 10.1 Å². The normalized spacial score (nSPS) is 12.3. The third-order valence-corrected chi connectivity index (χ3v) is 6.17. The molecular weight excluding hydrogens is 403 g/mol. The molecule has 1 N–H and O–H groups in total. The van der Waals surface area contributed by atoms with Crippen LogP contribution < -0.4 is 10.1 Å². The van der Waals surface area contributed by atoms with E-state index in [0.717, 1.165) is 35.4 Å². The number of anilines is 1. The molecule has 1 aromatic heterocycles. The zero-order valence-electron chi connectivity index (χ0n) is 14.7. The van der Waals surface area contributed by atoms with E-state index < -0.39 is 0 Å². The standard InChI is InChI=1S/C20H16Cl2N2O2S/c1-10-7-14-11(8-16(10)26-2)3-6-17-18(14)23-20(27-17)24-19(25)13-5-4-12(21)9-15(13)22/h4-5,7-9H,3,6H2,1-2H3,(H,23,24,25). The number of aromatic nitrogens is 1. The summed E-state index contributed by atoms with van der Waals surface area (Å²) in [6, 6.07) is 8.99. The molecule has 0 aliphatic heterocycles. The molecule has 0 unspecified atom stereocenters. The Hall–Kier alpha value is -2.08. The maximum absolute atomic E-state index is 12.6. The van der Waals surface area contributed by atoms with Crippen LogP contribution in [0.15, 0.2) is 30.3 Å². The highest BCUT2D eigenvalue weighted by atomic mass is 35.5. The van der Waals surface area contributed by atoms with Gasteiger partial charge in [0.05, 0.1) is 23.4 Å². The number of hydrogen-bond acceptors (Lipinski definition) is 4. The number of halogens is 2. The summed E-state index contributed by atoms with van der Waals surface area (Å²) in [6.45, 7) is 2.02. The second-order valence-electron chi connectivity index (χ2n) is 6.35. The summed E-state index contributed by atoms with van der Waals surface area (Å²) in [5, 5.41) is 4.23. The van der Waals surface area contributed by atoms with Crippen molar-refractivity contribution in [2.75, 3.05) is 12.4 Å². The highest BCUT2D eigenvalue weighted by molar-refractivity contribution is 7.16. The topological polar surface area (TPSA) is 51.2 Å². The number of nitrogens with zero attached hydrogens (tertiary/aromatic N) is 1. The van der Waals surface area contributed by atoms with Crippen molar-refractivity contribution in [2.45, 2.75) is 19.8 Å². The average molecular weight is 419 g/mol. The van der Waals surface area contributed by atoms with Gasteiger partial charge in [-0.1, -0.05) is 23.2 Å². The molecule has 4 nitrogen and oxygen atoms in total. The number of nitrogens with one attached hydrogen (secondary N) is 1. The number of aryl methyl sites for hydroxylation is 3. The Morgan fingerprint density at radius 2 is 2.04 bits per heavy atom. The van der Waals surface area contributed by atoms with Crippen LogP contribution in [-0.4, -0.2) is 18.0 Å². The number of hydrogen-bond donors (Lipinski definition) is 1. The highest BCUT2D eigenvalue weighted by Crippen LogP contribution is 2.40. The molecule has 4 rings (SSSR count). The van der Waals surface area contributed by atoms with Crippen molar-refractivity contribution in [2.24, 2.45) is 0 Å². The van der Waals surface area contributed by atoms with Crippen molar-refractivity contribution in [1.29, 1.82) is 0 Å². The lowest BCUT2D eigenvalue weighted by Gasteiger charge is -2.17. The Labute approximate surface area is 171 Å². The Morgan fingerprint density at radius 1 is 1.22 bits per heavy atom. The van der Waals surface area contributed by atoms with Crippen LogP contribution in [0.5, 0.6) is 5.75 Å². The molecule has 0 fully saturated rings. The van der Waals surface area contributed by atoms with Crippen molar-refractivity contribution in [1.82, 2.24) is 4.98 Å². The van der Waals surface area contributed by atoms with Crippen molar-refractivity contribution in [3.8, 4) is 17.0 Å². The van der Waals surface area contributed by atoms with Crippen LogP contribution in [0.25, 0.3) is 11.3 Å². The molecule has 138 valence electrons. The second kappa shape index (κ2) is 7.15. The van der Waals surface area contributed by atoms with E-state index in [-0.39, 0.29) is 5.91 Å². The first-order valence-electron chi connectivity index (χ1n) is 8.40. The molecular formula is C20H16Cl2N2O2S. The van der Waals surface area contributed by atoms with E-state index in [9.17, 15) is 4.79 Å². The highest BCUT2D eigenvalue weighted by Gasteiger charge is 2.23. The monoisotopic (exact) mass is 418 g/mol. The number of ether oxygens (including phenoxy) is 1. The first-order chi connectivity index (χ1) is 13.0. The molecule has 1 aliphatic rings. The lowest BCUT2D eigenvalue weighted by Crippen LogP contribution is -2.12. The van der Waals surface area contributed by atoms with Gasteiger partial charge >= 0.3 is 0 Å². The molecule has 0 spiro atoms. The van der Waals surface area contributed by atoms with Gasteiger partial charge in [0.2, 0.25) is 0 Å². The first-order valence-corrected chi connectivity index (χ1v) is 9.97. The zero-order chi connectivity index (χ0) is 19.1. The van der Waals surface area contributed by atoms with Crippen LogP contribution >= 0.6 is 34.5 Å². The van der Waals surface area contributed by atoms with Crippen molar-refractivity contribution in [3.05, 3.63) is 61.9 Å². The summed E-state index contributed by atoms with van der Waals surface area (Å²) in [5.74, 6) is 0.590. The Bertz CT molecular complexity index is 1060. The van der Waals surface area contributed by atoms with E-state index >= 15 is 0 Å². The van der Waals surface area contributed by atoms with Gasteiger partial charge in [-0.2, -0.15) is 0 Å². The molecule has 0 saturated carbocycles. The van der Waals surface area contributed by atoms with Crippen molar-refractivity contribution >= 4 is 45.6 Å². The smallest absolute Gasteiger partial charge is 0.258 e. The van der Waals surface area contributed by atoms with Gasteiger partial charge in [0.1, 0.15) is 5.75 Å². The number of fused-ring (bicyclic) bond motifs is 3. The molecule has 27 heavy (non-hydrogen) atoms. The van der Waals surface area contributed by atoms with Crippen molar-refractivity contribution in [3.63, 3.8) is 0 Å². The molecule has 7 heteroatoms. The summed E-state index contributed by atoms with van der Waals surface area (Å²) < 4.78 is 5.43. The number of amides is 1. The fourth-order valence-electron chi connectivity index (χ4n) is 3.25. The predicted molar refractivity (Wildman–Crippen MR) is 111 cm³/mol. The third-order valence-electron chi connectivity index (χ3n) is 4.59. The summed E-state index contributed by atoms with van der Waals surface area (Å²) in [6.07, 6.45) is 1.82. The van der Waals surface area contributed by atoms with E-state index in [1.807, 2.05) is 6.92 Å². The molecule has 2 aromatic carbocycles. The number of rotatable bonds is 3. The number of thiazole rings is 1. The zero-order valence-corrected chi connectivity index (χ0v) is 17.1. The first kappa shape index (κ1) is 18.3. The summed E-state index contributed by atoms with van der Waals surface area (Å²) in [7, 11) is 1.68. The molecule has 1 heterocycles. The van der Waals surface area contributed by atoms with Crippen molar-refractivity contribution < 1.29 is 9.53 Å². The Morgan fingerprint density at radius 3 is 2.78 bits per heavy atom. The van der Waals surface area contributed by atoms with Gasteiger partial charge < -0.3 is 4.74 Å². The summed E-state index contributed by atoms with van der Waals surface area (Å²) in [5.41, 5.74) is 4.69. The lowest BCUT2D eigenvalue weighted by atomic mass is 9.91. The molecule has 3 aromatic rings. The molecule has 0 radical (unpaired) electrons. The molecule has 0 saturated heterocycles.